The monoisotopic (exact) mass is 408 g/mol. The summed E-state index contributed by atoms with van der Waals surface area (Å²) in [5, 5.41) is 11.9. The van der Waals surface area contributed by atoms with Crippen molar-refractivity contribution < 1.29 is 9.90 Å². The second-order valence-electron chi connectivity index (χ2n) is 8.69. The van der Waals surface area contributed by atoms with Crippen LogP contribution in [0.5, 0.6) is 0 Å². The molecule has 0 unspecified atom stereocenters. The third-order valence-electron chi connectivity index (χ3n) is 6.69. The van der Waals surface area contributed by atoms with Crippen molar-refractivity contribution in [2.24, 2.45) is 5.73 Å². The van der Waals surface area contributed by atoms with Crippen LogP contribution in [-0.2, 0) is 12.1 Å². The van der Waals surface area contributed by atoms with E-state index in [4.69, 9.17) is 5.73 Å². The van der Waals surface area contributed by atoms with Gasteiger partial charge in [-0.2, -0.15) is 0 Å². The Morgan fingerprint density at radius 1 is 1.03 bits per heavy atom. The molecule has 6 nitrogen and oxygen atoms in total. The highest BCUT2D eigenvalue weighted by molar-refractivity contribution is 5.92. The van der Waals surface area contributed by atoms with Crippen LogP contribution in [0.4, 0.5) is 0 Å². The number of carbonyl (C=O) groups is 1. The van der Waals surface area contributed by atoms with Crippen molar-refractivity contribution >= 4 is 5.91 Å². The van der Waals surface area contributed by atoms with E-state index in [9.17, 15) is 9.90 Å². The normalized spacial score (nSPS) is 26.5. The molecule has 0 aromatic heterocycles. The summed E-state index contributed by atoms with van der Waals surface area (Å²) in [6, 6.07) is 17.7. The fraction of sp³-hybridized carbons (Fsp3) is 0.458. The number of rotatable bonds is 5. The van der Waals surface area contributed by atoms with Crippen LogP contribution in [0.1, 0.15) is 27.9 Å². The Labute approximate surface area is 178 Å². The number of carbonyl (C=O) groups excluding carboxylic acids is 1. The standard InChI is InChI=1S/C24H32N4O2/c1-26-13-15-28(16-14-26)22-18-27(17-19-7-9-20(10-8-19)23(25)29)12-11-24(22,30)21-5-3-2-4-6-21/h2-10,22,30H,11-18H2,1H3,(H2,25,29)/t22-,24+/m1/s1. The number of benzene rings is 2. The van der Waals surface area contributed by atoms with Gasteiger partial charge in [0.2, 0.25) is 5.91 Å². The third-order valence-corrected chi connectivity index (χ3v) is 6.69. The van der Waals surface area contributed by atoms with E-state index in [2.05, 4.69) is 33.9 Å². The molecule has 4 rings (SSSR count). The Morgan fingerprint density at radius 2 is 1.70 bits per heavy atom. The van der Waals surface area contributed by atoms with E-state index in [0.29, 0.717) is 12.0 Å². The van der Waals surface area contributed by atoms with Crippen LogP contribution < -0.4 is 5.73 Å². The van der Waals surface area contributed by atoms with Crippen molar-refractivity contribution in [2.45, 2.75) is 24.6 Å². The van der Waals surface area contributed by atoms with Crippen LogP contribution in [-0.4, -0.2) is 78.1 Å². The van der Waals surface area contributed by atoms with Crippen molar-refractivity contribution in [3.8, 4) is 0 Å². The second-order valence-corrected chi connectivity index (χ2v) is 8.69. The lowest BCUT2D eigenvalue weighted by Crippen LogP contribution is -2.63. The summed E-state index contributed by atoms with van der Waals surface area (Å²) >= 11 is 0. The Morgan fingerprint density at radius 3 is 2.33 bits per heavy atom. The van der Waals surface area contributed by atoms with Crippen LogP contribution in [0.15, 0.2) is 54.6 Å². The van der Waals surface area contributed by atoms with E-state index in [0.717, 1.165) is 56.9 Å². The van der Waals surface area contributed by atoms with Crippen LogP contribution >= 0.6 is 0 Å². The summed E-state index contributed by atoms with van der Waals surface area (Å²) < 4.78 is 0. The molecule has 2 atom stereocenters. The minimum atomic E-state index is -0.844. The maximum Gasteiger partial charge on any atom is 0.248 e. The lowest BCUT2D eigenvalue weighted by molar-refractivity contribution is -0.108. The largest absolute Gasteiger partial charge is 0.383 e. The number of amides is 1. The number of hydrogen-bond acceptors (Lipinski definition) is 5. The van der Waals surface area contributed by atoms with Gasteiger partial charge in [0, 0.05) is 51.4 Å². The number of nitrogens with two attached hydrogens (primary N) is 1. The van der Waals surface area contributed by atoms with E-state index >= 15 is 0 Å². The summed E-state index contributed by atoms with van der Waals surface area (Å²) in [6.45, 7) is 6.43. The molecular formula is C24H32N4O2. The van der Waals surface area contributed by atoms with Crippen molar-refractivity contribution in [1.29, 1.82) is 0 Å². The lowest BCUT2D eigenvalue weighted by atomic mass is 9.79. The van der Waals surface area contributed by atoms with Gasteiger partial charge in [0.1, 0.15) is 5.60 Å². The van der Waals surface area contributed by atoms with E-state index in [1.165, 1.54) is 0 Å². The summed E-state index contributed by atoms with van der Waals surface area (Å²) in [5.74, 6) is -0.400. The molecule has 3 N–H and O–H groups in total. The predicted molar refractivity (Wildman–Crippen MR) is 118 cm³/mol. The van der Waals surface area contributed by atoms with Crippen LogP contribution in [0.25, 0.3) is 0 Å². The zero-order valence-electron chi connectivity index (χ0n) is 17.7. The predicted octanol–water partition coefficient (Wildman–Crippen LogP) is 1.50. The third kappa shape index (κ3) is 4.42. The Balaban J connectivity index is 1.53. The fourth-order valence-electron chi connectivity index (χ4n) is 4.77. The molecule has 2 aliphatic rings. The molecular weight excluding hydrogens is 376 g/mol. The molecule has 0 aliphatic carbocycles. The minimum Gasteiger partial charge on any atom is -0.383 e. The molecule has 0 spiro atoms. The molecule has 160 valence electrons. The van der Waals surface area contributed by atoms with E-state index in [1.54, 1.807) is 12.1 Å². The summed E-state index contributed by atoms with van der Waals surface area (Å²) in [5.41, 5.74) is 7.22. The first-order chi connectivity index (χ1) is 14.5. The minimum absolute atomic E-state index is 0.0484. The average Bonchev–Trinajstić information content (AvgIpc) is 2.77. The van der Waals surface area contributed by atoms with E-state index < -0.39 is 11.5 Å². The Kier molecular flexibility index (Phi) is 6.20. The number of piperazine rings is 1. The summed E-state index contributed by atoms with van der Waals surface area (Å²) in [4.78, 5) is 18.6. The maximum absolute atomic E-state index is 11.9. The molecule has 1 amide bonds. The Bertz CT molecular complexity index is 849. The number of likely N-dealkylation sites (N-methyl/N-ethyl adjacent to an activating group) is 1. The summed E-state index contributed by atoms with van der Waals surface area (Å²) in [7, 11) is 2.16. The van der Waals surface area contributed by atoms with Crippen LogP contribution in [0.3, 0.4) is 0 Å². The highest BCUT2D eigenvalue weighted by Crippen LogP contribution is 2.36. The number of hydrogen-bond donors (Lipinski definition) is 2. The molecule has 2 aromatic carbocycles. The zero-order valence-corrected chi connectivity index (χ0v) is 17.7. The highest BCUT2D eigenvalue weighted by atomic mass is 16.3. The van der Waals surface area contributed by atoms with Gasteiger partial charge in [-0.05, 0) is 36.7 Å². The van der Waals surface area contributed by atoms with Gasteiger partial charge in [0.05, 0.1) is 6.04 Å². The number of likely N-dealkylation sites (tertiary alicyclic amines) is 1. The topological polar surface area (TPSA) is 73.0 Å². The quantitative estimate of drug-likeness (QED) is 0.784. The molecule has 30 heavy (non-hydrogen) atoms. The van der Waals surface area contributed by atoms with Crippen LogP contribution in [0.2, 0.25) is 0 Å². The first kappa shape index (κ1) is 21.0. The van der Waals surface area contributed by atoms with Crippen molar-refractivity contribution in [3.63, 3.8) is 0 Å². The first-order valence-corrected chi connectivity index (χ1v) is 10.8. The Hall–Kier alpha value is -2.25. The first-order valence-electron chi connectivity index (χ1n) is 10.8. The van der Waals surface area contributed by atoms with Gasteiger partial charge >= 0.3 is 0 Å². The summed E-state index contributed by atoms with van der Waals surface area (Å²) in [6.07, 6.45) is 0.702. The van der Waals surface area contributed by atoms with Gasteiger partial charge < -0.3 is 15.7 Å². The maximum atomic E-state index is 11.9. The highest BCUT2D eigenvalue weighted by Gasteiger charge is 2.46. The number of nitrogens with zero attached hydrogens (tertiary/aromatic N) is 3. The van der Waals surface area contributed by atoms with Crippen molar-refractivity contribution in [1.82, 2.24) is 14.7 Å². The zero-order chi connectivity index (χ0) is 21.1. The smallest absolute Gasteiger partial charge is 0.248 e. The number of aliphatic hydroxyl groups is 1. The number of primary amides is 1. The fourth-order valence-corrected chi connectivity index (χ4v) is 4.77. The van der Waals surface area contributed by atoms with Gasteiger partial charge in [-0.1, -0.05) is 42.5 Å². The number of piperidine rings is 1. The molecule has 2 aromatic rings. The second kappa shape index (κ2) is 8.86. The van der Waals surface area contributed by atoms with Crippen molar-refractivity contribution in [3.05, 3.63) is 71.3 Å². The van der Waals surface area contributed by atoms with Gasteiger partial charge in [0.25, 0.3) is 0 Å². The van der Waals surface area contributed by atoms with Gasteiger partial charge in [-0.15, -0.1) is 0 Å². The van der Waals surface area contributed by atoms with E-state index in [1.807, 2.05) is 30.3 Å². The van der Waals surface area contributed by atoms with Gasteiger partial charge in [-0.25, -0.2) is 0 Å². The molecule has 2 aliphatic heterocycles. The SMILES string of the molecule is CN1CCN([C@@H]2CN(Cc3ccc(C(N)=O)cc3)CC[C@]2(O)c2ccccc2)CC1. The van der Waals surface area contributed by atoms with Crippen LogP contribution in [0, 0.1) is 0 Å². The van der Waals surface area contributed by atoms with Crippen molar-refractivity contribution in [2.75, 3.05) is 46.3 Å². The van der Waals surface area contributed by atoms with Gasteiger partial charge in [0.15, 0.2) is 0 Å². The average molecular weight is 409 g/mol. The molecule has 0 saturated carbocycles. The lowest BCUT2D eigenvalue weighted by Gasteiger charge is -2.51. The molecule has 2 fully saturated rings. The van der Waals surface area contributed by atoms with E-state index in [-0.39, 0.29) is 6.04 Å². The molecule has 0 radical (unpaired) electrons. The molecule has 0 bridgehead atoms. The molecule has 6 heteroatoms. The molecule has 2 saturated heterocycles. The molecule has 2 heterocycles. The van der Waals surface area contributed by atoms with Gasteiger partial charge in [-0.3, -0.25) is 14.6 Å².